The molecule has 0 aromatic carbocycles. The molecule has 0 spiro atoms. The third kappa shape index (κ3) is 3.63. The average molecular weight is 291 g/mol. The van der Waals surface area contributed by atoms with Gasteiger partial charge in [-0.15, -0.1) is 10.2 Å². The maximum atomic E-state index is 12.2. The summed E-state index contributed by atoms with van der Waals surface area (Å²) in [5, 5.41) is 8.40. The van der Waals surface area contributed by atoms with Crippen LogP contribution in [0.5, 0.6) is 0 Å². The number of carbonyl (C=O) groups is 1. The number of likely N-dealkylation sites (tertiary alicyclic amines) is 1. The van der Waals surface area contributed by atoms with E-state index in [-0.39, 0.29) is 11.3 Å². The molecule has 1 aromatic rings. The van der Waals surface area contributed by atoms with Gasteiger partial charge in [-0.1, -0.05) is 20.8 Å². The van der Waals surface area contributed by atoms with Crippen molar-refractivity contribution in [1.29, 1.82) is 0 Å². The molecule has 21 heavy (non-hydrogen) atoms. The van der Waals surface area contributed by atoms with E-state index in [0.29, 0.717) is 23.6 Å². The van der Waals surface area contributed by atoms with Gasteiger partial charge in [0.2, 0.25) is 17.7 Å². The van der Waals surface area contributed by atoms with Crippen LogP contribution in [-0.2, 0) is 11.2 Å². The summed E-state index contributed by atoms with van der Waals surface area (Å²) in [5.41, 5.74) is 0.143. The van der Waals surface area contributed by atoms with Gasteiger partial charge in [-0.3, -0.25) is 4.79 Å². The third-order valence-electron chi connectivity index (χ3n) is 4.17. The highest BCUT2D eigenvalue weighted by atomic mass is 16.4. The fourth-order valence-electron chi connectivity index (χ4n) is 2.92. The minimum absolute atomic E-state index is 0.143. The Bertz CT molecular complexity index is 514. The molecule has 5 nitrogen and oxygen atoms in total. The second-order valence-electron chi connectivity index (χ2n) is 7.67. The Morgan fingerprint density at radius 2 is 2.05 bits per heavy atom. The van der Waals surface area contributed by atoms with Crippen LogP contribution >= 0.6 is 0 Å². The summed E-state index contributed by atoms with van der Waals surface area (Å²) < 4.78 is 5.84. The molecule has 5 heteroatoms. The Hall–Kier alpha value is -1.39. The zero-order valence-corrected chi connectivity index (χ0v) is 13.3. The number of nitrogens with zero attached hydrogens (tertiary/aromatic N) is 3. The second-order valence-corrected chi connectivity index (χ2v) is 7.67. The van der Waals surface area contributed by atoms with Gasteiger partial charge in [-0.05, 0) is 31.1 Å². The van der Waals surface area contributed by atoms with E-state index in [1.165, 1.54) is 0 Å². The fourth-order valence-corrected chi connectivity index (χ4v) is 2.92. The summed E-state index contributed by atoms with van der Waals surface area (Å²) in [7, 11) is 0. The molecule has 1 aliphatic carbocycles. The van der Waals surface area contributed by atoms with Crippen LogP contribution in [0.15, 0.2) is 4.42 Å². The second kappa shape index (κ2) is 5.43. The number of rotatable bonds is 3. The maximum absolute atomic E-state index is 12.2. The van der Waals surface area contributed by atoms with Gasteiger partial charge >= 0.3 is 0 Å². The largest absolute Gasteiger partial charge is 0.425 e. The van der Waals surface area contributed by atoms with Gasteiger partial charge in [0.05, 0.1) is 5.92 Å². The molecule has 0 bridgehead atoms. The third-order valence-corrected chi connectivity index (χ3v) is 4.17. The van der Waals surface area contributed by atoms with E-state index in [2.05, 4.69) is 31.0 Å². The van der Waals surface area contributed by atoms with E-state index in [0.717, 1.165) is 45.2 Å². The molecule has 3 rings (SSSR count). The topological polar surface area (TPSA) is 59.2 Å². The lowest BCUT2D eigenvalue weighted by molar-refractivity contribution is -0.133. The summed E-state index contributed by atoms with van der Waals surface area (Å²) in [5.74, 6) is 2.25. The lowest BCUT2D eigenvalue weighted by Crippen LogP contribution is -2.40. The maximum Gasteiger partial charge on any atom is 0.225 e. The fraction of sp³-hybridized carbons (Fsp3) is 0.812. The highest BCUT2D eigenvalue weighted by Gasteiger charge is 2.36. The van der Waals surface area contributed by atoms with Crippen molar-refractivity contribution in [2.75, 3.05) is 13.1 Å². The molecule has 0 N–H and O–H groups in total. The molecule has 1 saturated carbocycles. The summed E-state index contributed by atoms with van der Waals surface area (Å²) in [6, 6.07) is 0. The number of hydrogen-bond acceptors (Lipinski definition) is 4. The Morgan fingerprint density at radius 1 is 1.29 bits per heavy atom. The van der Waals surface area contributed by atoms with Crippen LogP contribution in [0, 0.1) is 11.3 Å². The summed E-state index contributed by atoms with van der Waals surface area (Å²) in [6.07, 6.45) is 4.98. The van der Waals surface area contributed by atoms with Crippen molar-refractivity contribution in [2.45, 2.75) is 58.8 Å². The Morgan fingerprint density at radius 3 is 2.71 bits per heavy atom. The van der Waals surface area contributed by atoms with Crippen molar-refractivity contribution in [3.05, 3.63) is 11.8 Å². The van der Waals surface area contributed by atoms with Crippen molar-refractivity contribution < 1.29 is 9.21 Å². The molecule has 2 heterocycles. The first kappa shape index (κ1) is 14.5. The van der Waals surface area contributed by atoms with Gasteiger partial charge < -0.3 is 9.32 Å². The van der Waals surface area contributed by atoms with E-state index >= 15 is 0 Å². The van der Waals surface area contributed by atoms with E-state index in [1.54, 1.807) is 0 Å². The Kier molecular flexibility index (Phi) is 3.76. The smallest absolute Gasteiger partial charge is 0.225 e. The molecule has 116 valence electrons. The monoisotopic (exact) mass is 291 g/mol. The van der Waals surface area contributed by atoms with Crippen LogP contribution in [0.2, 0.25) is 0 Å². The molecule has 1 saturated heterocycles. The first-order valence-corrected chi connectivity index (χ1v) is 8.03. The van der Waals surface area contributed by atoms with Crippen molar-refractivity contribution >= 4 is 5.91 Å². The molecule has 0 radical (unpaired) electrons. The molecular formula is C16H25N3O2. The molecular weight excluding hydrogens is 266 g/mol. The molecule has 1 amide bonds. The van der Waals surface area contributed by atoms with E-state index in [9.17, 15) is 4.79 Å². The van der Waals surface area contributed by atoms with Gasteiger partial charge in [-0.25, -0.2) is 0 Å². The van der Waals surface area contributed by atoms with Gasteiger partial charge in [0.1, 0.15) is 0 Å². The highest BCUT2D eigenvalue weighted by Crippen LogP contribution is 2.34. The Labute approximate surface area is 126 Å². The van der Waals surface area contributed by atoms with Crippen molar-refractivity contribution in [3.8, 4) is 0 Å². The molecule has 2 fully saturated rings. The zero-order valence-electron chi connectivity index (χ0n) is 13.3. The quantitative estimate of drug-likeness (QED) is 0.859. The van der Waals surface area contributed by atoms with E-state index in [4.69, 9.17) is 4.42 Å². The molecule has 1 aliphatic heterocycles. The van der Waals surface area contributed by atoms with Crippen LogP contribution in [0.25, 0.3) is 0 Å². The minimum atomic E-state index is 0.143. The van der Waals surface area contributed by atoms with Gasteiger partial charge in [-0.2, -0.15) is 0 Å². The number of aromatic nitrogens is 2. The highest BCUT2D eigenvalue weighted by molar-refractivity contribution is 5.81. The van der Waals surface area contributed by atoms with Crippen molar-refractivity contribution in [2.24, 2.45) is 11.3 Å². The van der Waals surface area contributed by atoms with Gasteiger partial charge in [0, 0.05) is 25.4 Å². The predicted octanol–water partition coefficient (Wildman–Crippen LogP) is 2.77. The molecule has 2 aliphatic rings. The average Bonchev–Trinajstić information content (AvgIpc) is 3.17. The predicted molar refractivity (Wildman–Crippen MR) is 78.7 cm³/mol. The standard InChI is InChI=1S/C16H25N3O2/c1-16(2,3)9-13-17-18-14(21-13)12-5-4-8-19(10-12)15(20)11-6-7-11/h11-12H,4-10H2,1-3H3. The summed E-state index contributed by atoms with van der Waals surface area (Å²) >= 11 is 0. The lowest BCUT2D eigenvalue weighted by Gasteiger charge is -2.31. The first-order chi connectivity index (χ1) is 9.92. The molecule has 1 unspecified atom stereocenters. The number of carbonyl (C=O) groups excluding carboxylic acids is 1. The van der Waals surface area contributed by atoms with Crippen LogP contribution in [-0.4, -0.2) is 34.1 Å². The zero-order chi connectivity index (χ0) is 15.0. The molecule has 1 atom stereocenters. The van der Waals surface area contributed by atoms with E-state index in [1.807, 2.05) is 4.90 Å². The molecule has 1 aromatic heterocycles. The van der Waals surface area contributed by atoms with Crippen molar-refractivity contribution in [1.82, 2.24) is 15.1 Å². The van der Waals surface area contributed by atoms with Crippen molar-refractivity contribution in [3.63, 3.8) is 0 Å². The van der Waals surface area contributed by atoms with Crippen LogP contribution in [0.4, 0.5) is 0 Å². The number of piperidine rings is 1. The first-order valence-electron chi connectivity index (χ1n) is 8.03. The Balaban J connectivity index is 1.64. The number of hydrogen-bond donors (Lipinski definition) is 0. The van der Waals surface area contributed by atoms with Gasteiger partial charge in [0.15, 0.2) is 0 Å². The van der Waals surface area contributed by atoms with Crippen LogP contribution in [0.3, 0.4) is 0 Å². The number of amides is 1. The summed E-state index contributed by atoms with van der Waals surface area (Å²) in [4.78, 5) is 14.2. The van der Waals surface area contributed by atoms with Crippen LogP contribution < -0.4 is 0 Å². The van der Waals surface area contributed by atoms with Gasteiger partial charge in [0.25, 0.3) is 0 Å². The van der Waals surface area contributed by atoms with Crippen LogP contribution in [0.1, 0.15) is 64.2 Å². The lowest BCUT2D eigenvalue weighted by atomic mass is 9.92. The normalized spacial score (nSPS) is 23.4. The summed E-state index contributed by atoms with van der Waals surface area (Å²) in [6.45, 7) is 8.11. The minimum Gasteiger partial charge on any atom is -0.425 e. The SMILES string of the molecule is CC(C)(C)Cc1nnc(C2CCCN(C(=O)C3CC3)C2)o1. The van der Waals surface area contributed by atoms with E-state index < -0.39 is 0 Å².